The van der Waals surface area contributed by atoms with Gasteiger partial charge < -0.3 is 10.5 Å². The van der Waals surface area contributed by atoms with Crippen molar-refractivity contribution >= 4 is 5.69 Å². The second-order valence-corrected chi connectivity index (χ2v) is 3.80. The number of nitrogens with zero attached hydrogens (tertiary/aromatic N) is 2. The van der Waals surface area contributed by atoms with Crippen molar-refractivity contribution < 1.29 is 4.74 Å². The topological polar surface area (TPSA) is 71.9 Å². The Kier molecular flexibility index (Phi) is 3.44. The van der Waals surface area contributed by atoms with Crippen LogP contribution in [0.25, 0.3) is 0 Å². The number of hydrogen-bond donors (Lipinski definition) is 1. The number of nitriles is 1. The lowest BCUT2D eigenvalue weighted by Gasteiger charge is -2.09. The minimum absolute atomic E-state index is 0.274. The van der Waals surface area contributed by atoms with Crippen molar-refractivity contribution in [2.45, 2.75) is 13.3 Å². The summed E-state index contributed by atoms with van der Waals surface area (Å²) in [4.78, 5) is 4.03. The molecule has 2 rings (SSSR count). The molecular weight excluding hydrogens is 226 g/mol. The van der Waals surface area contributed by atoms with Gasteiger partial charge in [0.15, 0.2) is 5.75 Å². The first kappa shape index (κ1) is 11.9. The molecule has 2 aromatic rings. The summed E-state index contributed by atoms with van der Waals surface area (Å²) in [6, 6.07) is 11.0. The molecule has 90 valence electrons. The average molecular weight is 239 g/mol. The number of nitrogen functional groups attached to an aromatic ring is 1. The number of pyridine rings is 1. The highest BCUT2D eigenvalue weighted by Crippen LogP contribution is 2.28. The van der Waals surface area contributed by atoms with Crippen molar-refractivity contribution in [2.75, 3.05) is 5.73 Å². The number of benzene rings is 1. The van der Waals surface area contributed by atoms with E-state index < -0.39 is 0 Å². The summed E-state index contributed by atoms with van der Waals surface area (Å²) < 4.78 is 5.57. The van der Waals surface area contributed by atoms with Crippen molar-refractivity contribution in [3.63, 3.8) is 0 Å². The van der Waals surface area contributed by atoms with Crippen LogP contribution in [0, 0.1) is 11.3 Å². The molecule has 0 aliphatic carbocycles. The highest BCUT2D eigenvalue weighted by Gasteiger charge is 2.08. The Labute approximate surface area is 106 Å². The standard InChI is InChI=1S/C14H13N3O/c1-2-10-5-6-13(12(16)8-10)18-14-11(9-15)4-3-7-17-14/h3-8H,2,16H2,1H3. The van der Waals surface area contributed by atoms with E-state index in [0.717, 1.165) is 12.0 Å². The monoisotopic (exact) mass is 239 g/mol. The minimum atomic E-state index is 0.274. The van der Waals surface area contributed by atoms with Gasteiger partial charge in [-0.1, -0.05) is 13.0 Å². The Balaban J connectivity index is 2.32. The molecule has 0 saturated heterocycles. The second-order valence-electron chi connectivity index (χ2n) is 3.80. The average Bonchev–Trinajstić information content (AvgIpc) is 2.41. The quantitative estimate of drug-likeness (QED) is 0.836. The van der Waals surface area contributed by atoms with E-state index in [1.165, 1.54) is 0 Å². The lowest BCUT2D eigenvalue weighted by molar-refractivity contribution is 0.463. The summed E-state index contributed by atoms with van der Waals surface area (Å²) in [5, 5.41) is 8.95. The van der Waals surface area contributed by atoms with Crippen molar-refractivity contribution in [3.05, 3.63) is 47.7 Å². The van der Waals surface area contributed by atoms with Gasteiger partial charge >= 0.3 is 0 Å². The van der Waals surface area contributed by atoms with Gasteiger partial charge in [-0.15, -0.1) is 0 Å². The van der Waals surface area contributed by atoms with E-state index in [2.05, 4.69) is 11.9 Å². The largest absolute Gasteiger partial charge is 0.436 e. The van der Waals surface area contributed by atoms with Crippen molar-refractivity contribution in [1.82, 2.24) is 4.98 Å². The predicted octanol–water partition coefficient (Wildman–Crippen LogP) is 2.89. The molecule has 0 radical (unpaired) electrons. The molecule has 4 nitrogen and oxygen atoms in total. The molecular formula is C14H13N3O. The number of aromatic nitrogens is 1. The van der Waals surface area contributed by atoms with Crippen molar-refractivity contribution in [1.29, 1.82) is 5.26 Å². The third kappa shape index (κ3) is 2.41. The lowest BCUT2D eigenvalue weighted by Crippen LogP contribution is -1.96. The zero-order chi connectivity index (χ0) is 13.0. The molecule has 0 spiro atoms. The van der Waals surface area contributed by atoms with Gasteiger partial charge in [0.05, 0.1) is 5.69 Å². The molecule has 0 unspecified atom stereocenters. The zero-order valence-corrected chi connectivity index (χ0v) is 10.1. The molecule has 0 amide bonds. The number of anilines is 1. The third-order valence-electron chi connectivity index (χ3n) is 2.58. The van der Waals surface area contributed by atoms with E-state index in [-0.39, 0.29) is 5.88 Å². The van der Waals surface area contributed by atoms with Gasteiger partial charge in [-0.05, 0) is 36.2 Å². The molecule has 0 bridgehead atoms. The molecule has 1 aromatic carbocycles. The van der Waals surface area contributed by atoms with Crippen LogP contribution in [0.15, 0.2) is 36.5 Å². The number of rotatable bonds is 3. The van der Waals surface area contributed by atoms with Gasteiger partial charge in [-0.2, -0.15) is 5.26 Å². The Hall–Kier alpha value is -2.54. The summed E-state index contributed by atoms with van der Waals surface area (Å²) in [6.07, 6.45) is 2.49. The van der Waals surface area contributed by atoms with Crippen LogP contribution in [-0.4, -0.2) is 4.98 Å². The van der Waals surface area contributed by atoms with Crippen LogP contribution >= 0.6 is 0 Å². The van der Waals surface area contributed by atoms with Crippen LogP contribution < -0.4 is 10.5 Å². The molecule has 0 aliphatic heterocycles. The minimum Gasteiger partial charge on any atom is -0.436 e. The first-order valence-corrected chi connectivity index (χ1v) is 5.66. The molecule has 0 atom stereocenters. The van der Waals surface area contributed by atoms with E-state index in [0.29, 0.717) is 17.0 Å². The van der Waals surface area contributed by atoms with Crippen molar-refractivity contribution in [2.24, 2.45) is 0 Å². The number of ether oxygens (including phenoxy) is 1. The third-order valence-corrected chi connectivity index (χ3v) is 2.58. The number of hydrogen-bond acceptors (Lipinski definition) is 4. The van der Waals surface area contributed by atoms with Crippen LogP contribution in [0.3, 0.4) is 0 Å². The first-order valence-electron chi connectivity index (χ1n) is 5.66. The first-order chi connectivity index (χ1) is 8.74. The molecule has 0 fully saturated rings. The van der Waals surface area contributed by atoms with Gasteiger partial charge in [-0.25, -0.2) is 4.98 Å². The van der Waals surface area contributed by atoms with E-state index in [4.69, 9.17) is 15.7 Å². The number of nitrogens with two attached hydrogens (primary N) is 1. The Bertz CT molecular complexity index is 602. The van der Waals surface area contributed by atoms with E-state index in [9.17, 15) is 0 Å². The zero-order valence-electron chi connectivity index (χ0n) is 10.1. The summed E-state index contributed by atoms with van der Waals surface area (Å²) >= 11 is 0. The molecule has 4 heteroatoms. The number of aryl methyl sites for hydroxylation is 1. The lowest BCUT2D eigenvalue weighted by atomic mass is 10.1. The molecule has 0 aliphatic rings. The maximum Gasteiger partial charge on any atom is 0.237 e. The Morgan fingerprint density at radius 3 is 2.89 bits per heavy atom. The van der Waals surface area contributed by atoms with Crippen LogP contribution in [0.2, 0.25) is 0 Å². The van der Waals surface area contributed by atoms with Crippen molar-refractivity contribution in [3.8, 4) is 17.7 Å². The second kappa shape index (κ2) is 5.19. The van der Waals surface area contributed by atoms with Crippen LogP contribution in [0.4, 0.5) is 5.69 Å². The fourth-order valence-corrected chi connectivity index (χ4v) is 1.57. The summed E-state index contributed by atoms with van der Waals surface area (Å²) in [7, 11) is 0. The summed E-state index contributed by atoms with van der Waals surface area (Å²) in [5.41, 5.74) is 7.97. The van der Waals surface area contributed by atoms with Gasteiger partial charge in [-0.3, -0.25) is 0 Å². The highest BCUT2D eigenvalue weighted by atomic mass is 16.5. The Morgan fingerprint density at radius 1 is 1.39 bits per heavy atom. The maximum absolute atomic E-state index is 8.95. The van der Waals surface area contributed by atoms with E-state index in [1.807, 2.05) is 18.2 Å². The molecule has 1 aromatic heterocycles. The van der Waals surface area contributed by atoms with Crippen LogP contribution in [0.5, 0.6) is 11.6 Å². The molecule has 2 N–H and O–H groups in total. The van der Waals surface area contributed by atoms with Crippen LogP contribution in [0.1, 0.15) is 18.1 Å². The smallest absolute Gasteiger partial charge is 0.237 e. The normalized spacial score (nSPS) is 9.78. The fraction of sp³-hybridized carbons (Fsp3) is 0.143. The van der Waals surface area contributed by atoms with E-state index in [1.54, 1.807) is 24.4 Å². The van der Waals surface area contributed by atoms with Crippen LogP contribution in [-0.2, 0) is 6.42 Å². The Morgan fingerprint density at radius 2 is 2.22 bits per heavy atom. The van der Waals surface area contributed by atoms with Gasteiger partial charge in [0.25, 0.3) is 0 Å². The maximum atomic E-state index is 8.95. The fourth-order valence-electron chi connectivity index (χ4n) is 1.57. The summed E-state index contributed by atoms with van der Waals surface area (Å²) in [6.45, 7) is 2.06. The molecule has 18 heavy (non-hydrogen) atoms. The van der Waals surface area contributed by atoms with Gasteiger partial charge in [0.1, 0.15) is 11.6 Å². The van der Waals surface area contributed by atoms with E-state index >= 15 is 0 Å². The van der Waals surface area contributed by atoms with Gasteiger partial charge in [0.2, 0.25) is 5.88 Å². The predicted molar refractivity (Wildman–Crippen MR) is 69.3 cm³/mol. The molecule has 1 heterocycles. The molecule has 0 saturated carbocycles. The highest BCUT2D eigenvalue weighted by molar-refractivity contribution is 5.56. The summed E-state index contributed by atoms with van der Waals surface area (Å²) in [5.74, 6) is 0.790. The SMILES string of the molecule is CCc1ccc(Oc2ncccc2C#N)c(N)c1. The van der Waals surface area contributed by atoms with Gasteiger partial charge in [0, 0.05) is 6.20 Å².